The van der Waals surface area contributed by atoms with Gasteiger partial charge in [-0.05, 0) is 30.2 Å². The van der Waals surface area contributed by atoms with Crippen LogP contribution in [0.2, 0.25) is 0 Å². The zero-order valence-corrected chi connectivity index (χ0v) is 17.1. The number of carbonyl (C=O) groups is 2. The molecule has 0 heterocycles. The molecule has 0 saturated carbocycles. The summed E-state index contributed by atoms with van der Waals surface area (Å²) in [7, 11) is -3.43. The highest BCUT2D eigenvalue weighted by molar-refractivity contribution is 7.92. The maximum Gasteiger partial charge on any atom is 0.408 e. The van der Waals surface area contributed by atoms with Crippen LogP contribution in [0.5, 0.6) is 0 Å². The molecule has 2 N–H and O–H groups in total. The molecule has 0 saturated heterocycles. The normalized spacial score (nSPS) is 11.9. The van der Waals surface area contributed by atoms with Gasteiger partial charge in [0.2, 0.25) is 10.0 Å². The number of hydrogen-bond donors (Lipinski definition) is 2. The van der Waals surface area contributed by atoms with E-state index < -0.39 is 28.1 Å². The summed E-state index contributed by atoms with van der Waals surface area (Å²) in [4.78, 5) is 24.4. The molecule has 0 spiro atoms. The highest BCUT2D eigenvalue weighted by Crippen LogP contribution is 2.14. The Morgan fingerprint density at radius 1 is 1.00 bits per heavy atom. The number of esters is 1. The maximum absolute atomic E-state index is 12.3. The van der Waals surface area contributed by atoms with Gasteiger partial charge in [0.1, 0.15) is 12.6 Å². The van der Waals surface area contributed by atoms with Crippen LogP contribution in [0.15, 0.2) is 54.6 Å². The van der Waals surface area contributed by atoms with Crippen molar-refractivity contribution in [2.45, 2.75) is 26.0 Å². The number of sulfonamides is 1. The molecule has 2 rings (SSSR count). The van der Waals surface area contributed by atoms with E-state index in [0.29, 0.717) is 11.3 Å². The molecule has 0 fully saturated rings. The lowest BCUT2D eigenvalue weighted by Crippen LogP contribution is -2.43. The molecule has 2 aromatic carbocycles. The Labute approximate surface area is 170 Å². The Balaban J connectivity index is 2.05. The number of amides is 1. The minimum atomic E-state index is -3.43. The van der Waals surface area contributed by atoms with Crippen LogP contribution >= 0.6 is 0 Å². The number of alkyl carbamates (subject to hydrolysis) is 1. The number of rotatable bonds is 9. The minimum Gasteiger partial charge on any atom is -0.464 e. The number of benzene rings is 2. The fourth-order valence-corrected chi connectivity index (χ4v) is 3.11. The molecule has 2 aromatic rings. The quantitative estimate of drug-likeness (QED) is 0.603. The van der Waals surface area contributed by atoms with Crippen LogP contribution < -0.4 is 10.0 Å². The Morgan fingerprint density at radius 3 is 2.34 bits per heavy atom. The third-order valence-electron chi connectivity index (χ3n) is 3.75. The number of carbonyl (C=O) groups excluding carboxylic acids is 2. The van der Waals surface area contributed by atoms with Crippen molar-refractivity contribution >= 4 is 27.8 Å². The van der Waals surface area contributed by atoms with Crippen LogP contribution in [0.3, 0.4) is 0 Å². The van der Waals surface area contributed by atoms with E-state index in [9.17, 15) is 18.0 Å². The molecule has 1 amide bonds. The first-order valence-corrected chi connectivity index (χ1v) is 10.9. The highest BCUT2D eigenvalue weighted by atomic mass is 32.2. The van der Waals surface area contributed by atoms with Gasteiger partial charge in [0, 0.05) is 12.1 Å². The first-order valence-electron chi connectivity index (χ1n) is 8.97. The molecule has 29 heavy (non-hydrogen) atoms. The van der Waals surface area contributed by atoms with E-state index in [-0.39, 0.29) is 19.6 Å². The summed E-state index contributed by atoms with van der Waals surface area (Å²) in [6.07, 6.45) is 0.404. The standard InChI is InChI=1S/C20H24N2O6S/c1-3-27-19(23)18(21-20(24)28-14-15-8-5-4-6-9-15)13-16-10-7-11-17(12-16)22-29(2,25)26/h4-12,18,22H,3,13-14H2,1-2H3,(H,21,24). The Hall–Kier alpha value is -3.07. The topological polar surface area (TPSA) is 111 Å². The molecular formula is C20H24N2O6S. The molecule has 8 nitrogen and oxygen atoms in total. The highest BCUT2D eigenvalue weighted by Gasteiger charge is 2.23. The van der Waals surface area contributed by atoms with Crippen molar-refractivity contribution in [1.29, 1.82) is 0 Å². The van der Waals surface area contributed by atoms with Crippen molar-refractivity contribution in [1.82, 2.24) is 5.32 Å². The molecule has 0 aliphatic carbocycles. The van der Waals surface area contributed by atoms with Gasteiger partial charge in [-0.1, -0.05) is 42.5 Å². The molecule has 9 heteroatoms. The van der Waals surface area contributed by atoms with E-state index in [2.05, 4.69) is 10.0 Å². The van der Waals surface area contributed by atoms with E-state index in [1.165, 1.54) is 0 Å². The number of nitrogens with one attached hydrogen (secondary N) is 2. The second-order valence-corrected chi connectivity index (χ2v) is 8.04. The van der Waals surface area contributed by atoms with Gasteiger partial charge in [-0.25, -0.2) is 18.0 Å². The van der Waals surface area contributed by atoms with Gasteiger partial charge in [0.25, 0.3) is 0 Å². The van der Waals surface area contributed by atoms with Gasteiger partial charge in [0.05, 0.1) is 12.9 Å². The molecule has 0 radical (unpaired) electrons. The van der Waals surface area contributed by atoms with E-state index in [0.717, 1.165) is 11.8 Å². The second kappa shape index (κ2) is 10.5. The van der Waals surface area contributed by atoms with Gasteiger partial charge in [-0.3, -0.25) is 4.72 Å². The van der Waals surface area contributed by atoms with E-state index in [4.69, 9.17) is 9.47 Å². The maximum atomic E-state index is 12.3. The van der Waals surface area contributed by atoms with Crippen LogP contribution in [0.25, 0.3) is 0 Å². The van der Waals surface area contributed by atoms with Crippen molar-refractivity contribution in [2.24, 2.45) is 0 Å². The average molecular weight is 420 g/mol. The fraction of sp³-hybridized carbons (Fsp3) is 0.300. The number of hydrogen-bond acceptors (Lipinski definition) is 6. The first-order chi connectivity index (χ1) is 13.8. The summed E-state index contributed by atoms with van der Waals surface area (Å²) in [5, 5.41) is 2.51. The van der Waals surface area contributed by atoms with Gasteiger partial charge in [-0.15, -0.1) is 0 Å². The molecule has 1 atom stereocenters. The summed E-state index contributed by atoms with van der Waals surface area (Å²) in [6, 6.07) is 14.7. The SMILES string of the molecule is CCOC(=O)C(Cc1cccc(NS(C)(=O)=O)c1)NC(=O)OCc1ccccc1. The largest absolute Gasteiger partial charge is 0.464 e. The Morgan fingerprint density at radius 2 is 1.69 bits per heavy atom. The van der Waals surface area contributed by atoms with Crippen molar-refractivity contribution in [3.8, 4) is 0 Å². The van der Waals surface area contributed by atoms with Crippen molar-refractivity contribution in [2.75, 3.05) is 17.6 Å². The number of anilines is 1. The molecule has 1 unspecified atom stereocenters. The summed E-state index contributed by atoms with van der Waals surface area (Å²) in [5.74, 6) is -0.606. The van der Waals surface area contributed by atoms with E-state index >= 15 is 0 Å². The van der Waals surface area contributed by atoms with Gasteiger partial charge >= 0.3 is 12.1 Å². The first kappa shape index (κ1) is 22.2. The van der Waals surface area contributed by atoms with Gasteiger partial charge in [-0.2, -0.15) is 0 Å². The predicted octanol–water partition coefficient (Wildman–Crippen LogP) is 2.46. The summed E-state index contributed by atoms with van der Waals surface area (Å²) in [6.45, 7) is 1.89. The monoisotopic (exact) mass is 420 g/mol. The molecule has 0 aliphatic rings. The van der Waals surface area contributed by atoms with Gasteiger partial charge < -0.3 is 14.8 Å². The molecule has 156 valence electrons. The van der Waals surface area contributed by atoms with Crippen molar-refractivity contribution < 1.29 is 27.5 Å². The summed E-state index contributed by atoms with van der Waals surface area (Å²) in [5.41, 5.74) is 1.81. The fourth-order valence-electron chi connectivity index (χ4n) is 2.55. The third kappa shape index (κ3) is 8.22. The third-order valence-corrected chi connectivity index (χ3v) is 4.35. The Kier molecular flexibility index (Phi) is 8.02. The zero-order chi connectivity index (χ0) is 21.3. The lowest BCUT2D eigenvalue weighted by Gasteiger charge is -2.18. The minimum absolute atomic E-state index is 0.0655. The van der Waals surface area contributed by atoms with Crippen LogP contribution in [0.4, 0.5) is 10.5 Å². The molecule has 0 bridgehead atoms. The number of ether oxygens (including phenoxy) is 2. The molecular weight excluding hydrogens is 396 g/mol. The van der Waals surface area contributed by atoms with E-state index in [1.807, 2.05) is 30.3 Å². The van der Waals surface area contributed by atoms with Crippen LogP contribution in [0.1, 0.15) is 18.1 Å². The summed E-state index contributed by atoms with van der Waals surface area (Å²) >= 11 is 0. The molecule has 0 aliphatic heterocycles. The van der Waals surface area contributed by atoms with Gasteiger partial charge in [0.15, 0.2) is 0 Å². The summed E-state index contributed by atoms with van der Waals surface area (Å²) < 4.78 is 35.4. The van der Waals surface area contributed by atoms with Crippen molar-refractivity contribution in [3.05, 3.63) is 65.7 Å². The lowest BCUT2D eigenvalue weighted by molar-refractivity contribution is -0.145. The van der Waals surface area contributed by atoms with Crippen LogP contribution in [0, 0.1) is 0 Å². The smallest absolute Gasteiger partial charge is 0.408 e. The average Bonchev–Trinajstić information content (AvgIpc) is 2.66. The Bertz CT molecular complexity index is 931. The van der Waals surface area contributed by atoms with Crippen molar-refractivity contribution in [3.63, 3.8) is 0 Å². The zero-order valence-electron chi connectivity index (χ0n) is 16.3. The molecule has 0 aromatic heterocycles. The van der Waals surface area contributed by atoms with Crippen LogP contribution in [-0.2, 0) is 37.3 Å². The lowest BCUT2D eigenvalue weighted by atomic mass is 10.1. The van der Waals surface area contributed by atoms with E-state index in [1.54, 1.807) is 31.2 Å². The second-order valence-electron chi connectivity index (χ2n) is 6.29. The predicted molar refractivity (Wildman–Crippen MR) is 109 cm³/mol. The van der Waals surface area contributed by atoms with Crippen LogP contribution in [-0.4, -0.2) is 39.4 Å².